The summed E-state index contributed by atoms with van der Waals surface area (Å²) in [4.78, 5) is 15.2. The summed E-state index contributed by atoms with van der Waals surface area (Å²) < 4.78 is 0. The second-order valence-electron chi connectivity index (χ2n) is 3.17. The molecule has 0 atom stereocenters. The molecule has 0 unspecified atom stereocenters. The third kappa shape index (κ3) is 4.74. The Bertz CT molecular complexity index is 376. The van der Waals surface area contributed by atoms with Gasteiger partial charge in [0.05, 0.1) is 5.01 Å². The van der Waals surface area contributed by atoms with Crippen molar-refractivity contribution in [3.63, 3.8) is 0 Å². The van der Waals surface area contributed by atoms with Gasteiger partial charge in [0.15, 0.2) is 5.96 Å². The van der Waals surface area contributed by atoms with E-state index in [1.807, 2.05) is 0 Å². The Balaban J connectivity index is 2.12. The van der Waals surface area contributed by atoms with E-state index in [0.29, 0.717) is 12.2 Å². The summed E-state index contributed by atoms with van der Waals surface area (Å²) in [5.41, 5.74) is 10.5. The number of carbonyl (C=O) groups excluding carboxylic acids is 1. The number of rotatable bonds is 5. The molecule has 6 nitrogen and oxygen atoms in total. The second-order valence-corrected chi connectivity index (χ2v) is 4.11. The first kappa shape index (κ1) is 12.4. The van der Waals surface area contributed by atoms with Crippen LogP contribution >= 0.6 is 11.3 Å². The van der Waals surface area contributed by atoms with E-state index >= 15 is 0 Å². The first-order chi connectivity index (χ1) is 7.58. The van der Waals surface area contributed by atoms with Crippen LogP contribution in [0.25, 0.3) is 0 Å². The molecule has 0 aliphatic carbocycles. The fourth-order valence-electron chi connectivity index (χ4n) is 1.11. The van der Waals surface area contributed by atoms with Gasteiger partial charge in [0, 0.05) is 11.8 Å². The maximum atomic E-state index is 11.0. The number of hydrogen-bond donors (Lipinski definition) is 4. The van der Waals surface area contributed by atoms with Crippen molar-refractivity contribution in [2.75, 3.05) is 5.73 Å². The smallest absolute Gasteiger partial charge is 0.230 e. The van der Waals surface area contributed by atoms with E-state index in [0.717, 1.165) is 17.8 Å². The lowest BCUT2D eigenvalue weighted by Gasteiger charge is -2.01. The zero-order valence-electron chi connectivity index (χ0n) is 8.69. The van der Waals surface area contributed by atoms with E-state index < -0.39 is 0 Å². The van der Waals surface area contributed by atoms with Gasteiger partial charge >= 0.3 is 0 Å². The van der Waals surface area contributed by atoms with Crippen molar-refractivity contribution in [1.82, 2.24) is 10.3 Å². The van der Waals surface area contributed by atoms with Crippen molar-refractivity contribution in [2.24, 2.45) is 5.73 Å². The number of nitrogens with one attached hydrogen (secondary N) is 2. The van der Waals surface area contributed by atoms with Crippen LogP contribution in [0.15, 0.2) is 5.38 Å². The Kier molecular flexibility index (Phi) is 4.71. The van der Waals surface area contributed by atoms with E-state index in [1.165, 1.54) is 17.8 Å². The molecule has 0 saturated carbocycles. The molecule has 1 aromatic rings. The lowest BCUT2D eigenvalue weighted by Crippen LogP contribution is -2.35. The molecule has 0 fully saturated rings. The molecule has 1 radical (unpaired) electrons. The van der Waals surface area contributed by atoms with Gasteiger partial charge in [0.2, 0.25) is 5.91 Å². The largest absolute Gasteiger partial charge is 0.383 e. The average Bonchev–Trinajstić information content (AvgIpc) is 2.58. The maximum absolute atomic E-state index is 11.0. The van der Waals surface area contributed by atoms with Gasteiger partial charge in [0.25, 0.3) is 0 Å². The number of thiazole rings is 1. The van der Waals surface area contributed by atoms with Crippen molar-refractivity contribution in [2.45, 2.75) is 19.3 Å². The van der Waals surface area contributed by atoms with Crippen molar-refractivity contribution in [1.29, 1.82) is 5.41 Å². The molecule has 0 saturated heterocycles. The van der Waals surface area contributed by atoms with Gasteiger partial charge in [-0.15, -0.1) is 11.3 Å². The number of aryl methyl sites for hydroxylation is 1. The van der Waals surface area contributed by atoms with Crippen LogP contribution in [0.4, 0.5) is 5.82 Å². The van der Waals surface area contributed by atoms with E-state index in [1.54, 1.807) is 5.38 Å². The highest BCUT2D eigenvalue weighted by Crippen LogP contribution is 2.13. The van der Waals surface area contributed by atoms with Gasteiger partial charge in [-0.1, -0.05) is 0 Å². The standard InChI is InChI=1S/C9H14N5OS/c10-6-5-16-8(13-6)4-2-1-3-7(15)14-9(11)12/h3,5H,1-2,4,10H2,(H4,11,12,14,15). The summed E-state index contributed by atoms with van der Waals surface area (Å²) >= 11 is 1.51. The minimum atomic E-state index is -0.342. The molecule has 0 aliphatic rings. The van der Waals surface area contributed by atoms with Crippen LogP contribution in [-0.4, -0.2) is 16.9 Å². The molecule has 0 aromatic carbocycles. The van der Waals surface area contributed by atoms with E-state index in [-0.39, 0.29) is 11.9 Å². The van der Waals surface area contributed by atoms with E-state index in [2.05, 4.69) is 10.3 Å². The average molecular weight is 240 g/mol. The van der Waals surface area contributed by atoms with Crippen LogP contribution in [0.2, 0.25) is 0 Å². The van der Waals surface area contributed by atoms with Crippen molar-refractivity contribution in [3.8, 4) is 0 Å². The van der Waals surface area contributed by atoms with E-state index in [9.17, 15) is 4.79 Å². The van der Waals surface area contributed by atoms with Crippen molar-refractivity contribution >= 4 is 29.0 Å². The molecule has 0 aliphatic heterocycles. The summed E-state index contributed by atoms with van der Waals surface area (Å²) in [6.45, 7) is 0. The fourth-order valence-corrected chi connectivity index (χ4v) is 1.84. The Hall–Kier alpha value is -1.63. The maximum Gasteiger partial charge on any atom is 0.230 e. The molecule has 16 heavy (non-hydrogen) atoms. The van der Waals surface area contributed by atoms with Gasteiger partial charge in [-0.3, -0.25) is 15.5 Å². The molecule has 87 valence electrons. The zero-order chi connectivity index (χ0) is 12.0. The number of hydrogen-bond acceptors (Lipinski definition) is 5. The summed E-state index contributed by atoms with van der Waals surface area (Å²) in [7, 11) is 0. The monoisotopic (exact) mass is 240 g/mol. The quantitative estimate of drug-likeness (QED) is 0.335. The molecular formula is C9H14N5OS. The molecule has 1 rings (SSSR count). The molecule has 1 heterocycles. The predicted molar refractivity (Wildman–Crippen MR) is 63.8 cm³/mol. The normalized spacial score (nSPS) is 10.0. The number of nitrogens with two attached hydrogens (primary N) is 2. The lowest BCUT2D eigenvalue weighted by molar-refractivity contribution is -0.116. The van der Waals surface area contributed by atoms with Gasteiger partial charge in [0.1, 0.15) is 5.82 Å². The number of unbranched alkanes of at least 4 members (excludes halogenated alkanes) is 1. The zero-order valence-corrected chi connectivity index (χ0v) is 9.51. The van der Waals surface area contributed by atoms with Crippen LogP contribution in [0, 0.1) is 11.8 Å². The number of aromatic nitrogens is 1. The summed E-state index contributed by atoms with van der Waals surface area (Å²) in [5.74, 6) is -0.140. The van der Waals surface area contributed by atoms with E-state index in [4.69, 9.17) is 16.9 Å². The Morgan fingerprint density at radius 2 is 2.44 bits per heavy atom. The van der Waals surface area contributed by atoms with Crippen LogP contribution < -0.4 is 16.8 Å². The van der Waals surface area contributed by atoms with Gasteiger partial charge in [-0.25, -0.2) is 4.98 Å². The van der Waals surface area contributed by atoms with Gasteiger partial charge in [-0.05, 0) is 19.3 Å². The second kappa shape index (κ2) is 6.06. The molecule has 0 spiro atoms. The molecular weight excluding hydrogens is 226 g/mol. The van der Waals surface area contributed by atoms with Crippen LogP contribution in [0.1, 0.15) is 17.8 Å². The molecule has 1 amide bonds. The minimum absolute atomic E-state index is 0.339. The minimum Gasteiger partial charge on any atom is -0.383 e. The number of carbonyl (C=O) groups is 1. The molecule has 6 N–H and O–H groups in total. The number of guanidine groups is 1. The topological polar surface area (TPSA) is 118 Å². The van der Waals surface area contributed by atoms with Gasteiger partial charge < -0.3 is 11.5 Å². The number of anilines is 1. The first-order valence-corrected chi connectivity index (χ1v) is 5.64. The summed E-state index contributed by atoms with van der Waals surface area (Å²) in [5, 5.41) is 11.8. The van der Waals surface area contributed by atoms with Crippen LogP contribution in [-0.2, 0) is 11.2 Å². The molecule has 7 heteroatoms. The summed E-state index contributed by atoms with van der Waals surface area (Å²) in [6.07, 6.45) is 3.71. The highest BCUT2D eigenvalue weighted by atomic mass is 32.1. The lowest BCUT2D eigenvalue weighted by atomic mass is 10.2. The van der Waals surface area contributed by atoms with Crippen LogP contribution in [0.5, 0.6) is 0 Å². The number of amides is 1. The Morgan fingerprint density at radius 1 is 1.69 bits per heavy atom. The Labute approximate surface area is 97.6 Å². The SMILES string of the molecule is N=C(N)NC(=O)[CH]CCCc1nc(N)cs1. The molecule has 0 bridgehead atoms. The number of nitrogen functional groups attached to an aromatic ring is 1. The van der Waals surface area contributed by atoms with Crippen molar-refractivity contribution < 1.29 is 4.79 Å². The Morgan fingerprint density at radius 3 is 3.00 bits per heavy atom. The fraction of sp³-hybridized carbons (Fsp3) is 0.333. The first-order valence-electron chi connectivity index (χ1n) is 4.76. The predicted octanol–water partition coefficient (Wildman–Crippen LogP) is 0.262. The third-order valence-corrected chi connectivity index (χ3v) is 2.68. The van der Waals surface area contributed by atoms with Gasteiger partial charge in [-0.2, -0.15) is 0 Å². The van der Waals surface area contributed by atoms with Crippen molar-refractivity contribution in [3.05, 3.63) is 16.8 Å². The highest BCUT2D eigenvalue weighted by molar-refractivity contribution is 7.10. The highest BCUT2D eigenvalue weighted by Gasteiger charge is 2.03. The summed E-state index contributed by atoms with van der Waals surface area (Å²) in [6, 6.07) is 0. The van der Waals surface area contributed by atoms with Crippen LogP contribution in [0.3, 0.4) is 0 Å². The molecule has 1 aromatic heterocycles. The third-order valence-electron chi connectivity index (χ3n) is 1.75. The number of nitrogens with zero attached hydrogens (tertiary/aromatic N) is 1.